The summed E-state index contributed by atoms with van der Waals surface area (Å²) in [5.41, 5.74) is 3.85. The fourth-order valence-electron chi connectivity index (χ4n) is 5.67. The van der Waals surface area contributed by atoms with Crippen molar-refractivity contribution in [1.82, 2.24) is 10.6 Å². The van der Waals surface area contributed by atoms with Gasteiger partial charge in [-0.15, -0.1) is 0 Å². The second-order valence-corrected chi connectivity index (χ2v) is 15.7. The number of amides is 4. The van der Waals surface area contributed by atoms with E-state index in [0.29, 0.717) is 30.9 Å². The largest absolute Gasteiger partial charge is 0.497 e. The number of carboxylic acid groups (broad SMARTS) is 2. The van der Waals surface area contributed by atoms with Gasteiger partial charge >= 0.3 is 17.9 Å². The molecule has 0 spiro atoms. The number of hydrogen-bond donors (Lipinski definition) is 4. The highest BCUT2D eigenvalue weighted by Gasteiger charge is 2.32. The van der Waals surface area contributed by atoms with Crippen LogP contribution in [0.1, 0.15) is 48.1 Å². The smallest absolute Gasteiger partial charge is 0.303 e. The summed E-state index contributed by atoms with van der Waals surface area (Å²) in [5.74, 6) is -0.139. The van der Waals surface area contributed by atoms with E-state index in [2.05, 4.69) is 10.6 Å². The minimum atomic E-state index is -1.08. The zero-order valence-corrected chi connectivity index (χ0v) is 35.7. The van der Waals surface area contributed by atoms with E-state index in [1.165, 1.54) is 6.92 Å². The van der Waals surface area contributed by atoms with E-state index in [9.17, 15) is 33.6 Å². The van der Waals surface area contributed by atoms with Crippen LogP contribution < -0.4 is 29.6 Å². The van der Waals surface area contributed by atoms with Gasteiger partial charge in [-0.3, -0.25) is 44.2 Å². The van der Waals surface area contributed by atoms with Crippen LogP contribution in [0.4, 0.5) is 9.59 Å². The predicted molar refractivity (Wildman–Crippen MR) is 230 cm³/mol. The Morgan fingerprint density at radius 3 is 1.56 bits per heavy atom. The highest BCUT2D eigenvalue weighted by atomic mass is 32.2. The molecule has 328 valence electrons. The molecule has 0 aliphatic carbocycles. The molecule has 4 aromatic carbocycles. The molecule has 2 fully saturated rings. The average Bonchev–Trinajstić information content (AvgIpc) is 3.75. The van der Waals surface area contributed by atoms with Crippen molar-refractivity contribution in [3.8, 4) is 23.0 Å². The Morgan fingerprint density at radius 2 is 1.11 bits per heavy atom. The summed E-state index contributed by atoms with van der Waals surface area (Å²) < 4.78 is 27.4. The minimum absolute atomic E-state index is 0.140. The summed E-state index contributed by atoms with van der Waals surface area (Å²) >= 11 is 2.05. The molecule has 4 N–H and O–H groups in total. The van der Waals surface area contributed by atoms with Gasteiger partial charge in [0.05, 0.1) is 44.2 Å². The molecule has 2 saturated heterocycles. The number of imide groups is 2. The van der Waals surface area contributed by atoms with E-state index < -0.39 is 29.3 Å². The lowest BCUT2D eigenvalue weighted by Crippen LogP contribution is -2.25. The van der Waals surface area contributed by atoms with E-state index in [1.54, 1.807) is 32.4 Å². The molecule has 16 nitrogen and oxygen atoms in total. The molecule has 2 aliphatic heterocycles. The first kappa shape index (κ1) is 48.1. The lowest BCUT2D eigenvalue weighted by molar-refractivity contribution is -0.148. The fourth-order valence-corrected chi connectivity index (χ4v) is 7.39. The van der Waals surface area contributed by atoms with Crippen molar-refractivity contribution in [2.75, 3.05) is 27.4 Å². The number of nitrogens with one attached hydrogen (secondary N) is 2. The fraction of sp³-hybridized carbons (Fsp3) is 0.295. The van der Waals surface area contributed by atoms with Gasteiger partial charge in [0.2, 0.25) is 11.8 Å². The first-order valence-electron chi connectivity index (χ1n) is 19.0. The molecule has 0 saturated carbocycles. The summed E-state index contributed by atoms with van der Waals surface area (Å²) in [4.78, 5) is 76.5. The van der Waals surface area contributed by atoms with Crippen molar-refractivity contribution < 1.29 is 67.5 Å². The molecule has 3 unspecified atom stereocenters. The summed E-state index contributed by atoms with van der Waals surface area (Å²) in [5, 5.41) is 19.1. The Kier molecular flexibility index (Phi) is 19.1. The third-order valence-electron chi connectivity index (χ3n) is 8.74. The van der Waals surface area contributed by atoms with Crippen LogP contribution in [0.5, 0.6) is 23.0 Å². The van der Waals surface area contributed by atoms with Crippen molar-refractivity contribution >= 4 is 63.7 Å². The number of carbonyl (C=O) groups is 7. The van der Waals surface area contributed by atoms with Crippen LogP contribution in [0.25, 0.3) is 0 Å². The highest BCUT2D eigenvalue weighted by Crippen LogP contribution is 2.27. The van der Waals surface area contributed by atoms with E-state index in [1.807, 2.05) is 78.9 Å². The van der Waals surface area contributed by atoms with E-state index >= 15 is 0 Å². The molecule has 0 bridgehead atoms. The Balaban J connectivity index is 0.000000234. The van der Waals surface area contributed by atoms with Gasteiger partial charge in [-0.05, 0) is 83.6 Å². The lowest BCUT2D eigenvalue weighted by atomic mass is 10.1. The van der Waals surface area contributed by atoms with Crippen LogP contribution in [0.15, 0.2) is 97.1 Å². The van der Waals surface area contributed by atoms with Crippen LogP contribution in [0, 0.1) is 0 Å². The number of aliphatic carboxylic acids is 2. The van der Waals surface area contributed by atoms with Gasteiger partial charge in [0.25, 0.3) is 10.5 Å². The minimum Gasteiger partial charge on any atom is -0.497 e. The first-order valence-corrected chi connectivity index (χ1v) is 20.8. The maximum Gasteiger partial charge on any atom is 0.303 e. The number of rotatable bonds is 18. The van der Waals surface area contributed by atoms with Gasteiger partial charge in [-0.25, -0.2) is 0 Å². The molecule has 62 heavy (non-hydrogen) atoms. The maximum atomic E-state index is 11.7. The van der Waals surface area contributed by atoms with E-state index in [4.69, 9.17) is 33.9 Å². The second kappa shape index (κ2) is 24.7. The number of methoxy groups -OCH3 is 2. The third-order valence-corrected chi connectivity index (χ3v) is 10.7. The van der Waals surface area contributed by atoms with Gasteiger partial charge in [0.1, 0.15) is 29.6 Å². The molecule has 2 aliphatic rings. The summed E-state index contributed by atoms with van der Waals surface area (Å²) in [7, 11) is 3.22. The SMILES string of the molecule is COc1cccc(C(COc2ccc(CC3SC(=O)NC3=O)cc2)OC(C)=O)c1.COc1cccc(CCOc2ccc(CC3SC(=O)NC3=O)cc2)c1.O=C(O)CCC(=O)O. The Labute approximate surface area is 366 Å². The van der Waals surface area contributed by atoms with Crippen LogP contribution in [-0.2, 0) is 48.0 Å². The molecule has 2 heterocycles. The molecule has 6 rings (SSSR count). The number of carboxylic acids is 2. The molecule has 4 aromatic rings. The molecule has 3 atom stereocenters. The average molecular weight is 891 g/mol. The quantitative estimate of drug-likeness (QED) is 0.0790. The van der Waals surface area contributed by atoms with E-state index in [-0.39, 0.29) is 47.0 Å². The van der Waals surface area contributed by atoms with Crippen molar-refractivity contribution in [1.29, 1.82) is 0 Å². The molecule has 18 heteroatoms. The number of carbonyl (C=O) groups excluding carboxylic acids is 5. The standard InChI is InChI=1S/C21H21NO6S.C19H19NO4S.C4H6O4/c1-13(23)28-18(15-4-3-5-17(11-15)26-2)12-27-16-8-6-14(7-9-16)10-19-20(24)22-21(25)29-19;1-23-16-4-2-3-13(11-16)9-10-24-15-7-5-14(6-8-15)12-17-18(21)20-19(22)25-17;5-3(6)1-2-4(7)8/h3-9,11,18-19H,10,12H2,1-2H3,(H,22,24,25);2-8,11,17H,9-10,12H2,1H3,(H,20,21,22);1-2H2,(H,5,6)(H,7,8). The lowest BCUT2D eigenvalue weighted by Gasteiger charge is -2.19. The van der Waals surface area contributed by atoms with Crippen LogP contribution in [-0.4, -0.2) is 88.3 Å². The summed E-state index contributed by atoms with van der Waals surface area (Å²) in [6.45, 7) is 2.06. The maximum absolute atomic E-state index is 11.7. The van der Waals surface area contributed by atoms with Crippen molar-refractivity contribution in [3.63, 3.8) is 0 Å². The first-order chi connectivity index (χ1) is 29.7. The van der Waals surface area contributed by atoms with Crippen molar-refractivity contribution in [3.05, 3.63) is 119 Å². The molecule has 0 aromatic heterocycles. The Bertz CT molecular complexity index is 2170. The van der Waals surface area contributed by atoms with Gasteiger partial charge in [0.15, 0.2) is 6.10 Å². The number of thioether (sulfide) groups is 2. The number of ether oxygens (including phenoxy) is 5. The number of hydrogen-bond acceptors (Lipinski definition) is 14. The van der Waals surface area contributed by atoms with Gasteiger partial charge in [0, 0.05) is 13.3 Å². The van der Waals surface area contributed by atoms with Crippen molar-refractivity contribution in [2.45, 2.75) is 55.6 Å². The Hall–Kier alpha value is -6.53. The third kappa shape index (κ3) is 16.8. The molecular weight excluding hydrogens is 845 g/mol. The van der Waals surface area contributed by atoms with Gasteiger partial charge in [-0.2, -0.15) is 0 Å². The van der Waals surface area contributed by atoms with E-state index in [0.717, 1.165) is 63.7 Å². The monoisotopic (exact) mass is 890 g/mol. The molecular formula is C44H46N2O14S2. The highest BCUT2D eigenvalue weighted by molar-refractivity contribution is 8.15. The van der Waals surface area contributed by atoms with Gasteiger partial charge in [-0.1, -0.05) is 72.1 Å². The second-order valence-electron chi connectivity index (χ2n) is 13.4. The zero-order chi connectivity index (χ0) is 45.0. The van der Waals surface area contributed by atoms with Crippen molar-refractivity contribution in [2.24, 2.45) is 0 Å². The van der Waals surface area contributed by atoms with Crippen LogP contribution >= 0.6 is 23.5 Å². The topological polar surface area (TPSA) is 230 Å². The molecule has 4 amide bonds. The normalized spacial score (nSPS) is 15.7. The molecule has 0 radical (unpaired) electrons. The summed E-state index contributed by atoms with van der Waals surface area (Å²) in [6.07, 6.45) is 0.617. The predicted octanol–water partition coefficient (Wildman–Crippen LogP) is 6.42. The Morgan fingerprint density at radius 1 is 0.629 bits per heavy atom. The number of benzene rings is 4. The van der Waals surface area contributed by atoms with Crippen LogP contribution in [0.3, 0.4) is 0 Å². The zero-order valence-electron chi connectivity index (χ0n) is 34.0. The number of esters is 1. The van der Waals surface area contributed by atoms with Crippen LogP contribution in [0.2, 0.25) is 0 Å². The van der Waals surface area contributed by atoms with Gasteiger partial charge < -0.3 is 33.9 Å². The summed E-state index contributed by atoms with van der Waals surface area (Å²) in [6, 6.07) is 30.1.